The van der Waals surface area contributed by atoms with Gasteiger partial charge in [-0.3, -0.25) is 9.36 Å². The molecule has 2 aromatic carbocycles. The Balaban J connectivity index is 0.00000256. The third-order valence-electron chi connectivity index (χ3n) is 5.68. The molecular formula is C23H28ClN3O3. The molecule has 1 aromatic heterocycles. The van der Waals surface area contributed by atoms with Crippen molar-refractivity contribution in [2.45, 2.75) is 44.4 Å². The van der Waals surface area contributed by atoms with Gasteiger partial charge in [-0.2, -0.15) is 0 Å². The second-order valence-corrected chi connectivity index (χ2v) is 7.56. The lowest BCUT2D eigenvalue weighted by Gasteiger charge is -2.29. The Morgan fingerprint density at radius 3 is 2.50 bits per heavy atom. The molecule has 0 bridgehead atoms. The van der Waals surface area contributed by atoms with Crippen molar-refractivity contribution in [2.24, 2.45) is 0 Å². The second-order valence-electron chi connectivity index (χ2n) is 7.56. The summed E-state index contributed by atoms with van der Waals surface area (Å²) in [5.74, 6) is 1.23. The van der Waals surface area contributed by atoms with Crippen molar-refractivity contribution < 1.29 is 9.47 Å². The van der Waals surface area contributed by atoms with E-state index in [4.69, 9.17) is 9.47 Å². The molecule has 0 amide bonds. The number of hydrogen-bond acceptors (Lipinski definition) is 5. The molecule has 1 fully saturated rings. The molecular weight excluding hydrogens is 402 g/mol. The van der Waals surface area contributed by atoms with Crippen molar-refractivity contribution in [3.05, 3.63) is 64.7 Å². The third kappa shape index (κ3) is 4.77. The monoisotopic (exact) mass is 429 g/mol. The zero-order chi connectivity index (χ0) is 20.2. The van der Waals surface area contributed by atoms with Crippen LogP contribution < -0.4 is 20.3 Å². The van der Waals surface area contributed by atoms with Gasteiger partial charge in [0.1, 0.15) is 0 Å². The number of ether oxygens (including phenoxy) is 2. The number of methoxy groups -OCH3 is 1. The van der Waals surface area contributed by atoms with Crippen LogP contribution in [0.1, 0.15) is 31.2 Å². The summed E-state index contributed by atoms with van der Waals surface area (Å²) in [6, 6.07) is 14.0. The summed E-state index contributed by atoms with van der Waals surface area (Å²) in [6.45, 7) is 0.485. The SMILES string of the molecule is CN[C@H]1CC[C@@H](Oc2cc3c(=O)n(Cc4ccccc4)cnc3cc2OC)CC1.Cl. The number of hydrogen-bond donors (Lipinski definition) is 1. The van der Waals surface area contributed by atoms with Gasteiger partial charge >= 0.3 is 0 Å². The van der Waals surface area contributed by atoms with E-state index in [1.54, 1.807) is 30.1 Å². The highest BCUT2D eigenvalue weighted by molar-refractivity contribution is 5.85. The van der Waals surface area contributed by atoms with Gasteiger partial charge in [-0.25, -0.2) is 4.98 Å². The fourth-order valence-corrected chi connectivity index (χ4v) is 3.96. The van der Waals surface area contributed by atoms with Crippen molar-refractivity contribution in [1.82, 2.24) is 14.9 Å². The van der Waals surface area contributed by atoms with E-state index in [0.717, 1.165) is 31.2 Å². The van der Waals surface area contributed by atoms with Gasteiger partial charge in [0.25, 0.3) is 5.56 Å². The van der Waals surface area contributed by atoms with E-state index in [1.807, 2.05) is 37.4 Å². The van der Waals surface area contributed by atoms with Crippen LogP contribution in [0.15, 0.2) is 53.6 Å². The van der Waals surface area contributed by atoms with Crippen molar-refractivity contribution in [3.63, 3.8) is 0 Å². The highest BCUT2D eigenvalue weighted by Crippen LogP contribution is 2.33. The lowest BCUT2D eigenvalue weighted by molar-refractivity contribution is 0.137. The third-order valence-corrected chi connectivity index (χ3v) is 5.68. The minimum atomic E-state index is -0.0785. The molecule has 0 unspecified atom stereocenters. The van der Waals surface area contributed by atoms with Crippen LogP contribution >= 0.6 is 12.4 Å². The fraction of sp³-hybridized carbons (Fsp3) is 0.391. The molecule has 1 N–H and O–H groups in total. The summed E-state index contributed by atoms with van der Waals surface area (Å²) < 4.78 is 13.4. The Morgan fingerprint density at radius 2 is 1.83 bits per heavy atom. The zero-order valence-corrected chi connectivity index (χ0v) is 18.2. The van der Waals surface area contributed by atoms with Gasteiger partial charge in [-0.05, 0) is 44.4 Å². The van der Waals surface area contributed by atoms with E-state index in [0.29, 0.717) is 35.0 Å². The van der Waals surface area contributed by atoms with E-state index in [9.17, 15) is 4.79 Å². The molecule has 1 saturated carbocycles. The molecule has 0 aliphatic heterocycles. The maximum absolute atomic E-state index is 13.1. The molecule has 0 saturated heterocycles. The molecule has 0 atom stereocenters. The average molecular weight is 430 g/mol. The number of nitrogens with one attached hydrogen (secondary N) is 1. The van der Waals surface area contributed by atoms with Gasteiger partial charge in [0.15, 0.2) is 11.5 Å². The molecule has 160 valence electrons. The van der Waals surface area contributed by atoms with Gasteiger partial charge < -0.3 is 14.8 Å². The number of aromatic nitrogens is 2. The quantitative estimate of drug-likeness (QED) is 0.645. The Labute approximate surface area is 182 Å². The van der Waals surface area contributed by atoms with Crippen LogP contribution in [0.25, 0.3) is 10.9 Å². The van der Waals surface area contributed by atoms with E-state index < -0.39 is 0 Å². The second kappa shape index (κ2) is 9.96. The largest absolute Gasteiger partial charge is 0.493 e. The van der Waals surface area contributed by atoms with Crippen molar-refractivity contribution in [3.8, 4) is 11.5 Å². The first-order valence-electron chi connectivity index (χ1n) is 10.1. The van der Waals surface area contributed by atoms with Crippen molar-refractivity contribution >= 4 is 23.3 Å². The Hall–Kier alpha value is -2.57. The lowest BCUT2D eigenvalue weighted by Crippen LogP contribution is -2.34. The number of fused-ring (bicyclic) bond motifs is 1. The molecule has 7 heteroatoms. The van der Waals surface area contributed by atoms with E-state index in [-0.39, 0.29) is 24.1 Å². The minimum Gasteiger partial charge on any atom is -0.493 e. The molecule has 1 heterocycles. The molecule has 6 nitrogen and oxygen atoms in total. The summed E-state index contributed by atoms with van der Waals surface area (Å²) >= 11 is 0. The molecule has 1 aliphatic rings. The highest BCUT2D eigenvalue weighted by Gasteiger charge is 2.23. The van der Waals surface area contributed by atoms with Gasteiger partial charge in [0.2, 0.25) is 0 Å². The Morgan fingerprint density at radius 1 is 1.10 bits per heavy atom. The van der Waals surface area contributed by atoms with Gasteiger partial charge in [-0.15, -0.1) is 12.4 Å². The molecule has 3 aromatic rings. The topological polar surface area (TPSA) is 65.4 Å². The van der Waals surface area contributed by atoms with Gasteiger partial charge in [0.05, 0.1) is 37.0 Å². The van der Waals surface area contributed by atoms with Crippen molar-refractivity contribution in [1.29, 1.82) is 0 Å². The predicted octanol–water partition coefficient (Wildman–Crippen LogP) is 3.78. The number of rotatable bonds is 6. The molecule has 4 rings (SSSR count). The first-order valence-corrected chi connectivity index (χ1v) is 10.1. The summed E-state index contributed by atoms with van der Waals surface area (Å²) in [6.07, 6.45) is 5.87. The molecule has 0 radical (unpaired) electrons. The summed E-state index contributed by atoms with van der Waals surface area (Å²) in [4.78, 5) is 17.6. The smallest absolute Gasteiger partial charge is 0.261 e. The van der Waals surface area contributed by atoms with E-state index >= 15 is 0 Å². The van der Waals surface area contributed by atoms with Crippen LogP contribution in [0.4, 0.5) is 0 Å². The zero-order valence-electron chi connectivity index (χ0n) is 17.3. The average Bonchev–Trinajstić information content (AvgIpc) is 2.77. The van der Waals surface area contributed by atoms with Gasteiger partial charge in [-0.1, -0.05) is 30.3 Å². The standard InChI is InChI=1S/C23H27N3O3.ClH/c1-24-17-8-10-18(11-9-17)29-22-12-19-20(13-21(22)28-2)25-15-26(23(19)27)14-16-6-4-3-5-7-16;/h3-7,12-13,15,17-18,24H,8-11,14H2,1-2H3;1H/t17-,18+;. The Kier molecular flexibility index (Phi) is 7.34. The van der Waals surface area contributed by atoms with E-state index in [2.05, 4.69) is 10.3 Å². The molecule has 0 spiro atoms. The predicted molar refractivity (Wildman–Crippen MR) is 121 cm³/mol. The number of benzene rings is 2. The van der Waals surface area contributed by atoms with Crippen LogP contribution in [0.5, 0.6) is 11.5 Å². The minimum absolute atomic E-state index is 0. The first kappa shape index (κ1) is 22.1. The number of halogens is 1. The molecule has 30 heavy (non-hydrogen) atoms. The highest BCUT2D eigenvalue weighted by atomic mass is 35.5. The van der Waals surface area contributed by atoms with Crippen LogP contribution in [-0.2, 0) is 6.54 Å². The summed E-state index contributed by atoms with van der Waals surface area (Å²) in [5.41, 5.74) is 1.59. The normalized spacial score (nSPS) is 18.6. The van der Waals surface area contributed by atoms with E-state index in [1.165, 1.54) is 0 Å². The van der Waals surface area contributed by atoms with Crippen LogP contribution in [0.2, 0.25) is 0 Å². The number of nitrogens with zero attached hydrogens (tertiary/aromatic N) is 2. The first-order chi connectivity index (χ1) is 14.2. The van der Waals surface area contributed by atoms with Crippen LogP contribution in [0, 0.1) is 0 Å². The van der Waals surface area contributed by atoms with Crippen molar-refractivity contribution in [2.75, 3.05) is 14.2 Å². The Bertz CT molecular complexity index is 1030. The van der Waals surface area contributed by atoms with Crippen LogP contribution in [-0.4, -0.2) is 35.9 Å². The molecule has 1 aliphatic carbocycles. The maximum Gasteiger partial charge on any atom is 0.261 e. The summed E-state index contributed by atoms with van der Waals surface area (Å²) in [5, 5.41) is 3.88. The fourth-order valence-electron chi connectivity index (χ4n) is 3.96. The van der Waals surface area contributed by atoms with Gasteiger partial charge in [0, 0.05) is 12.1 Å². The van der Waals surface area contributed by atoms with Crippen LogP contribution in [0.3, 0.4) is 0 Å². The summed E-state index contributed by atoms with van der Waals surface area (Å²) in [7, 11) is 3.62. The maximum atomic E-state index is 13.1. The lowest BCUT2D eigenvalue weighted by atomic mass is 9.93.